The summed E-state index contributed by atoms with van der Waals surface area (Å²) in [6.07, 6.45) is 3.63. The third kappa shape index (κ3) is 6.56. The lowest BCUT2D eigenvalue weighted by atomic mass is 9.95. The molecule has 0 spiro atoms. The number of ether oxygens (including phenoxy) is 3. The number of aromatic nitrogens is 1. The zero-order valence-electron chi connectivity index (χ0n) is 28.9. The molecule has 11 heteroatoms. The van der Waals surface area contributed by atoms with Gasteiger partial charge in [-0.3, -0.25) is 14.4 Å². The first kappa shape index (κ1) is 34.2. The molecule has 2 aliphatic rings. The standard InChI is InChI=1S/C38H44N4O6S/c1-7-21(2)34(38(45)42-18-10-12-29(42)37-41-28-11-8-9-13-32(28)49-37)40-27-17-15-24-25(20-30(27)44)26(39-22(3)43)16-14-23-19-31(46-4)35(47-5)36(48-6)33(23)24/h8-9,11,13,15,17,19-21,26,29,34H,7,10,12,14,16,18H2,1-6H3,(H,39,43)(H,40,44). The van der Waals surface area contributed by atoms with E-state index in [4.69, 9.17) is 19.2 Å². The summed E-state index contributed by atoms with van der Waals surface area (Å²) in [5, 5.41) is 7.39. The van der Waals surface area contributed by atoms with Gasteiger partial charge in [-0.05, 0) is 78.6 Å². The number of likely N-dealkylation sites (tertiary alicyclic amines) is 1. The van der Waals surface area contributed by atoms with Crippen LogP contribution in [0.1, 0.15) is 74.7 Å². The number of para-hydroxylation sites is 1. The molecule has 2 N–H and O–H groups in total. The summed E-state index contributed by atoms with van der Waals surface area (Å²) in [6, 6.07) is 14.0. The predicted molar refractivity (Wildman–Crippen MR) is 193 cm³/mol. The zero-order valence-corrected chi connectivity index (χ0v) is 29.7. The molecule has 6 rings (SSSR count). The Balaban J connectivity index is 1.42. The van der Waals surface area contributed by atoms with Gasteiger partial charge in [-0.2, -0.15) is 0 Å². The summed E-state index contributed by atoms with van der Waals surface area (Å²) in [5.74, 6) is 1.16. The second-order valence-electron chi connectivity index (χ2n) is 12.8. The number of carbonyl (C=O) groups excluding carboxylic acids is 2. The lowest BCUT2D eigenvalue weighted by Gasteiger charge is -2.31. The first-order valence-corrected chi connectivity index (χ1v) is 17.7. The number of carbonyl (C=O) groups is 2. The maximum Gasteiger partial charge on any atom is 0.245 e. The van der Waals surface area contributed by atoms with E-state index in [2.05, 4.69) is 23.6 Å². The summed E-state index contributed by atoms with van der Waals surface area (Å²) in [6.45, 7) is 6.19. The molecule has 1 saturated heterocycles. The molecule has 2 heterocycles. The topological polar surface area (TPSA) is 119 Å². The smallest absolute Gasteiger partial charge is 0.245 e. The fourth-order valence-corrected chi connectivity index (χ4v) is 8.29. The second kappa shape index (κ2) is 14.5. The van der Waals surface area contributed by atoms with Crippen molar-refractivity contribution in [3.05, 3.63) is 74.9 Å². The van der Waals surface area contributed by atoms with Crippen molar-refractivity contribution in [2.45, 2.75) is 71.0 Å². The Morgan fingerprint density at radius 1 is 1.04 bits per heavy atom. The zero-order chi connectivity index (χ0) is 34.8. The van der Waals surface area contributed by atoms with Gasteiger partial charge in [-0.15, -0.1) is 11.3 Å². The minimum Gasteiger partial charge on any atom is -0.493 e. The Morgan fingerprint density at radius 2 is 1.82 bits per heavy atom. The van der Waals surface area contributed by atoms with Gasteiger partial charge in [0.15, 0.2) is 11.5 Å². The fourth-order valence-electron chi connectivity index (χ4n) is 7.18. The van der Waals surface area contributed by atoms with E-state index in [0.717, 1.165) is 51.2 Å². The van der Waals surface area contributed by atoms with Gasteiger partial charge in [0, 0.05) is 19.0 Å². The lowest BCUT2D eigenvalue weighted by molar-refractivity contribution is -0.134. The number of amides is 2. The Hall–Kier alpha value is -4.64. The predicted octanol–water partition coefficient (Wildman–Crippen LogP) is 6.66. The van der Waals surface area contributed by atoms with Gasteiger partial charge in [0.05, 0.1) is 49.3 Å². The van der Waals surface area contributed by atoms with Crippen molar-refractivity contribution in [3.63, 3.8) is 0 Å². The fraction of sp³-hybridized carbons (Fsp3) is 0.421. The largest absolute Gasteiger partial charge is 0.493 e. The van der Waals surface area contributed by atoms with Gasteiger partial charge >= 0.3 is 0 Å². The van der Waals surface area contributed by atoms with Crippen LogP contribution in [0.15, 0.2) is 53.3 Å². The molecule has 2 amide bonds. The van der Waals surface area contributed by atoms with Gasteiger partial charge in [0.1, 0.15) is 11.0 Å². The quantitative estimate of drug-likeness (QED) is 0.190. The third-order valence-corrected chi connectivity index (χ3v) is 11.0. The summed E-state index contributed by atoms with van der Waals surface area (Å²) in [7, 11) is 4.71. The van der Waals surface area contributed by atoms with E-state index in [-0.39, 0.29) is 29.2 Å². The molecule has 0 saturated carbocycles. The van der Waals surface area contributed by atoms with E-state index in [1.807, 2.05) is 42.2 Å². The van der Waals surface area contributed by atoms with E-state index in [1.54, 1.807) is 44.8 Å². The number of methoxy groups -OCH3 is 3. The lowest BCUT2D eigenvalue weighted by Crippen LogP contribution is -2.46. The molecule has 1 aliphatic heterocycles. The summed E-state index contributed by atoms with van der Waals surface area (Å²) in [5.41, 5.74) is 4.09. The van der Waals surface area contributed by atoms with Gasteiger partial charge in [-0.1, -0.05) is 38.5 Å². The van der Waals surface area contributed by atoms with Crippen LogP contribution in [0.4, 0.5) is 5.69 Å². The summed E-state index contributed by atoms with van der Waals surface area (Å²) < 4.78 is 18.4. The number of benzene rings is 2. The number of thiazole rings is 1. The average molecular weight is 685 g/mol. The van der Waals surface area contributed by atoms with E-state index < -0.39 is 12.1 Å². The number of rotatable bonds is 10. The SMILES string of the molecule is CCC(C)C(Nc1ccc2c(cc1=O)C(NC(C)=O)CCc1cc(OC)c(OC)c(OC)c1-2)C(=O)N1CCCC1c1nc2ccccc2s1. The Labute approximate surface area is 290 Å². The number of hydrogen-bond donors (Lipinski definition) is 2. The first-order chi connectivity index (χ1) is 23.7. The van der Waals surface area contributed by atoms with Gasteiger partial charge in [0.2, 0.25) is 23.0 Å². The molecule has 10 nitrogen and oxygen atoms in total. The van der Waals surface area contributed by atoms with Crippen LogP contribution >= 0.6 is 11.3 Å². The molecule has 0 radical (unpaired) electrons. The van der Waals surface area contributed by atoms with E-state index in [9.17, 15) is 14.4 Å². The monoisotopic (exact) mass is 684 g/mol. The summed E-state index contributed by atoms with van der Waals surface area (Å²) >= 11 is 1.64. The number of nitrogens with one attached hydrogen (secondary N) is 2. The second-order valence-corrected chi connectivity index (χ2v) is 13.9. The molecule has 4 unspecified atom stereocenters. The highest BCUT2D eigenvalue weighted by Gasteiger charge is 2.38. The molecular weight excluding hydrogens is 641 g/mol. The number of fused-ring (bicyclic) bond motifs is 4. The highest BCUT2D eigenvalue weighted by Crippen LogP contribution is 2.50. The Bertz CT molecular complexity index is 1910. The van der Waals surface area contributed by atoms with Crippen LogP contribution in [0, 0.1) is 5.92 Å². The maximum atomic E-state index is 14.4. The first-order valence-electron chi connectivity index (χ1n) is 16.9. The van der Waals surface area contributed by atoms with Crippen molar-refractivity contribution in [3.8, 4) is 28.4 Å². The van der Waals surface area contributed by atoms with E-state index >= 15 is 0 Å². The van der Waals surface area contributed by atoms with Crippen LogP contribution < -0.4 is 30.3 Å². The minimum absolute atomic E-state index is 0.0384. The molecule has 4 aromatic rings. The van der Waals surface area contributed by atoms with Crippen LogP contribution in [-0.2, 0) is 16.0 Å². The number of hydrogen-bond acceptors (Lipinski definition) is 9. The van der Waals surface area contributed by atoms with Crippen LogP contribution in [0.2, 0.25) is 0 Å². The van der Waals surface area contributed by atoms with Crippen molar-refractivity contribution in [2.75, 3.05) is 33.2 Å². The molecular formula is C38H44N4O6S. The van der Waals surface area contributed by atoms with Crippen LogP contribution in [-0.4, -0.2) is 55.6 Å². The molecule has 1 fully saturated rings. The minimum atomic E-state index is -0.632. The summed E-state index contributed by atoms with van der Waals surface area (Å²) in [4.78, 5) is 47.8. The molecule has 258 valence electrons. The third-order valence-electron chi connectivity index (χ3n) is 9.84. The van der Waals surface area contributed by atoms with E-state index in [0.29, 0.717) is 47.9 Å². The highest BCUT2D eigenvalue weighted by molar-refractivity contribution is 7.18. The van der Waals surface area contributed by atoms with Crippen molar-refractivity contribution in [1.82, 2.24) is 15.2 Å². The molecule has 0 bridgehead atoms. The normalized spacial score (nSPS) is 18.1. The number of nitrogens with zero attached hydrogens (tertiary/aromatic N) is 2. The van der Waals surface area contributed by atoms with Crippen LogP contribution in [0.25, 0.3) is 21.3 Å². The molecule has 49 heavy (non-hydrogen) atoms. The Morgan fingerprint density at radius 3 is 2.51 bits per heavy atom. The van der Waals surface area contributed by atoms with Crippen LogP contribution in [0.5, 0.6) is 17.2 Å². The number of aryl methyl sites for hydroxylation is 1. The van der Waals surface area contributed by atoms with Crippen molar-refractivity contribution in [2.24, 2.45) is 5.92 Å². The van der Waals surface area contributed by atoms with Gasteiger partial charge in [0.25, 0.3) is 0 Å². The van der Waals surface area contributed by atoms with Crippen LogP contribution in [0.3, 0.4) is 0 Å². The highest BCUT2D eigenvalue weighted by atomic mass is 32.1. The molecule has 4 atom stereocenters. The van der Waals surface area contributed by atoms with E-state index in [1.165, 1.54) is 6.92 Å². The molecule has 1 aromatic heterocycles. The Kier molecular flexibility index (Phi) is 10.1. The van der Waals surface area contributed by atoms with Crippen molar-refractivity contribution >= 4 is 39.1 Å². The maximum absolute atomic E-state index is 14.4. The van der Waals surface area contributed by atoms with Gasteiger partial charge < -0.3 is 29.7 Å². The molecule has 3 aromatic carbocycles. The number of anilines is 1. The van der Waals surface area contributed by atoms with Gasteiger partial charge in [-0.25, -0.2) is 4.98 Å². The average Bonchev–Trinajstić information content (AvgIpc) is 3.70. The molecule has 1 aliphatic carbocycles. The van der Waals surface area contributed by atoms with Crippen molar-refractivity contribution in [1.29, 1.82) is 0 Å². The van der Waals surface area contributed by atoms with Crippen molar-refractivity contribution < 1.29 is 23.8 Å².